The van der Waals surface area contributed by atoms with Crippen molar-refractivity contribution < 1.29 is 13.2 Å². The minimum absolute atomic E-state index is 0.0124. The maximum absolute atomic E-state index is 12.5. The molecule has 0 fully saturated rings. The van der Waals surface area contributed by atoms with Crippen molar-refractivity contribution in [3.63, 3.8) is 0 Å². The van der Waals surface area contributed by atoms with Gasteiger partial charge < -0.3 is 10.7 Å². The topological polar surface area (TPSA) is 67.6 Å². The summed E-state index contributed by atoms with van der Waals surface area (Å²) in [6.45, 7) is 0. The van der Waals surface area contributed by atoms with Gasteiger partial charge in [0.05, 0.1) is 11.9 Å². The molecule has 0 unspecified atom stereocenters. The van der Waals surface area contributed by atoms with Crippen LogP contribution in [0.25, 0.3) is 16.6 Å². The number of nitrogens with two attached hydrogens (primary N) is 1. The number of allylic oxidation sites excluding steroid dienone is 1. The molecule has 16 heavy (non-hydrogen) atoms. The average Bonchev–Trinajstić information content (AvgIpc) is 2.64. The molecule has 4 nitrogen and oxygen atoms in total. The van der Waals surface area contributed by atoms with E-state index in [1.807, 2.05) is 0 Å². The first-order chi connectivity index (χ1) is 7.65. The summed E-state index contributed by atoms with van der Waals surface area (Å²) in [5.74, 6) is 0.128. The Balaban J connectivity index is 2.67. The number of fused-ring (bicyclic) bond motifs is 1. The Hall–Kier alpha value is -2.05. The Morgan fingerprint density at radius 1 is 1.44 bits per heavy atom. The van der Waals surface area contributed by atoms with Crippen molar-refractivity contribution in [3.05, 3.63) is 24.4 Å². The zero-order chi connectivity index (χ0) is 11.7. The summed E-state index contributed by atoms with van der Waals surface area (Å²) in [6.07, 6.45) is -0.685. The molecular weight excluding hydrogens is 221 g/mol. The van der Waals surface area contributed by atoms with Crippen LogP contribution in [0.1, 0.15) is 5.56 Å². The minimum atomic E-state index is -2.92. The van der Waals surface area contributed by atoms with Crippen molar-refractivity contribution in [2.45, 2.75) is 6.43 Å². The zero-order valence-corrected chi connectivity index (χ0v) is 7.92. The van der Waals surface area contributed by atoms with E-state index in [0.717, 1.165) is 6.33 Å². The predicted octanol–water partition coefficient (Wildman–Crippen LogP) is 2.12. The number of nitrogens with one attached hydrogen (secondary N) is 1. The van der Waals surface area contributed by atoms with Gasteiger partial charge in [-0.3, -0.25) is 0 Å². The van der Waals surface area contributed by atoms with Gasteiger partial charge >= 0.3 is 0 Å². The third-order valence-corrected chi connectivity index (χ3v) is 2.16. The van der Waals surface area contributed by atoms with Gasteiger partial charge in [0, 0.05) is 11.8 Å². The van der Waals surface area contributed by atoms with Crippen LogP contribution in [0, 0.1) is 0 Å². The molecule has 2 heterocycles. The molecule has 84 valence electrons. The van der Waals surface area contributed by atoms with Crippen LogP contribution < -0.4 is 5.73 Å². The summed E-state index contributed by atoms with van der Waals surface area (Å²) in [7, 11) is 0. The molecule has 0 aliphatic rings. The monoisotopic (exact) mass is 228 g/mol. The van der Waals surface area contributed by atoms with E-state index in [-0.39, 0.29) is 23.2 Å². The Kier molecular flexibility index (Phi) is 2.51. The van der Waals surface area contributed by atoms with Gasteiger partial charge in [-0.15, -0.1) is 0 Å². The lowest BCUT2D eigenvalue weighted by atomic mass is 10.1. The molecule has 0 saturated carbocycles. The summed E-state index contributed by atoms with van der Waals surface area (Å²) in [6, 6.07) is 0. The number of alkyl halides is 2. The first-order valence-electron chi connectivity index (χ1n) is 4.31. The lowest BCUT2D eigenvalue weighted by Gasteiger charge is -2.01. The molecule has 2 rings (SSSR count). The van der Waals surface area contributed by atoms with Crippen LogP contribution in [0.4, 0.5) is 19.0 Å². The Labute approximate surface area is 88.0 Å². The van der Waals surface area contributed by atoms with E-state index in [1.54, 1.807) is 0 Å². The quantitative estimate of drug-likeness (QED) is 0.827. The van der Waals surface area contributed by atoms with Crippen LogP contribution >= 0.6 is 0 Å². The van der Waals surface area contributed by atoms with E-state index in [4.69, 9.17) is 5.73 Å². The fourth-order valence-corrected chi connectivity index (χ4v) is 1.40. The van der Waals surface area contributed by atoms with Gasteiger partial charge in [-0.2, -0.15) is 0 Å². The highest BCUT2D eigenvalue weighted by atomic mass is 19.3. The number of rotatable bonds is 2. The minimum Gasteiger partial charge on any atom is -0.382 e. The number of H-pyrrole nitrogens is 1. The van der Waals surface area contributed by atoms with Crippen molar-refractivity contribution in [1.29, 1.82) is 0 Å². The largest absolute Gasteiger partial charge is 0.382 e. The average molecular weight is 228 g/mol. The third kappa shape index (κ3) is 1.50. The van der Waals surface area contributed by atoms with Gasteiger partial charge in [0.1, 0.15) is 17.4 Å². The predicted molar refractivity (Wildman–Crippen MR) is 53.4 cm³/mol. The number of anilines is 1. The molecule has 0 aromatic carbocycles. The summed E-state index contributed by atoms with van der Waals surface area (Å²) in [4.78, 5) is 10.1. The molecular formula is C9H7F3N4. The van der Waals surface area contributed by atoms with Crippen molar-refractivity contribution in [3.8, 4) is 0 Å². The second kappa shape index (κ2) is 3.84. The Bertz CT molecular complexity index is 547. The molecule has 3 N–H and O–H groups in total. The smallest absolute Gasteiger partial charge is 0.266 e. The lowest BCUT2D eigenvalue weighted by molar-refractivity contribution is 0.214. The molecule has 7 heteroatoms. The van der Waals surface area contributed by atoms with Crippen molar-refractivity contribution in [2.75, 3.05) is 5.73 Å². The van der Waals surface area contributed by atoms with E-state index in [0.29, 0.717) is 5.52 Å². The van der Waals surface area contributed by atoms with Gasteiger partial charge in [0.25, 0.3) is 6.43 Å². The standard InChI is InChI=1S/C9H7F3N4/c10-1-4(8(11)12)5-2-14-7-6(5)15-3-16-9(7)13/h1-3,8,14H,(H2,13,15,16). The number of aromatic nitrogens is 3. The van der Waals surface area contributed by atoms with Crippen LogP contribution in [0.15, 0.2) is 18.9 Å². The summed E-state index contributed by atoms with van der Waals surface area (Å²) < 4.78 is 37.4. The molecule has 2 aromatic rings. The maximum atomic E-state index is 12.5. The molecule has 0 bridgehead atoms. The highest BCUT2D eigenvalue weighted by molar-refractivity contribution is 5.94. The highest BCUT2D eigenvalue weighted by Gasteiger charge is 2.19. The van der Waals surface area contributed by atoms with Gasteiger partial charge in [0.2, 0.25) is 0 Å². The Morgan fingerprint density at radius 2 is 2.19 bits per heavy atom. The lowest BCUT2D eigenvalue weighted by Crippen LogP contribution is -1.96. The van der Waals surface area contributed by atoms with Crippen LogP contribution in [0.2, 0.25) is 0 Å². The van der Waals surface area contributed by atoms with E-state index < -0.39 is 12.0 Å². The molecule has 0 aliphatic heterocycles. The second-order valence-corrected chi connectivity index (χ2v) is 3.05. The fourth-order valence-electron chi connectivity index (χ4n) is 1.40. The van der Waals surface area contributed by atoms with Crippen molar-refractivity contribution in [1.82, 2.24) is 15.0 Å². The number of aromatic amines is 1. The van der Waals surface area contributed by atoms with Gasteiger partial charge in [-0.05, 0) is 0 Å². The first kappa shape index (κ1) is 10.5. The number of hydrogen-bond donors (Lipinski definition) is 2. The normalized spacial score (nSPS) is 12.6. The van der Waals surface area contributed by atoms with Crippen LogP contribution in [0.5, 0.6) is 0 Å². The molecule has 0 radical (unpaired) electrons. The molecule has 0 atom stereocenters. The van der Waals surface area contributed by atoms with Crippen LogP contribution in [0.3, 0.4) is 0 Å². The number of hydrogen-bond acceptors (Lipinski definition) is 3. The third-order valence-electron chi connectivity index (χ3n) is 2.16. The van der Waals surface area contributed by atoms with Gasteiger partial charge in [-0.25, -0.2) is 23.1 Å². The fraction of sp³-hybridized carbons (Fsp3) is 0.111. The van der Waals surface area contributed by atoms with E-state index >= 15 is 0 Å². The summed E-state index contributed by atoms with van der Waals surface area (Å²) >= 11 is 0. The van der Waals surface area contributed by atoms with Crippen molar-refractivity contribution >= 4 is 22.4 Å². The maximum Gasteiger partial charge on any atom is 0.266 e. The van der Waals surface area contributed by atoms with Crippen LogP contribution in [-0.2, 0) is 0 Å². The molecule has 0 aliphatic carbocycles. The summed E-state index contributed by atoms with van der Waals surface area (Å²) in [5, 5.41) is 0. The number of halogens is 3. The molecule has 2 aromatic heterocycles. The Morgan fingerprint density at radius 3 is 2.81 bits per heavy atom. The van der Waals surface area contributed by atoms with Gasteiger partial charge in [-0.1, -0.05) is 0 Å². The molecule has 0 saturated heterocycles. The van der Waals surface area contributed by atoms with Crippen LogP contribution in [-0.4, -0.2) is 21.4 Å². The zero-order valence-electron chi connectivity index (χ0n) is 7.92. The highest BCUT2D eigenvalue weighted by Crippen LogP contribution is 2.29. The van der Waals surface area contributed by atoms with E-state index in [2.05, 4.69) is 15.0 Å². The number of nitrogen functional groups attached to an aromatic ring is 1. The first-order valence-corrected chi connectivity index (χ1v) is 4.31. The van der Waals surface area contributed by atoms with E-state index in [1.165, 1.54) is 6.20 Å². The van der Waals surface area contributed by atoms with Crippen molar-refractivity contribution in [2.24, 2.45) is 0 Å². The molecule has 0 amide bonds. The van der Waals surface area contributed by atoms with E-state index in [9.17, 15) is 13.2 Å². The van der Waals surface area contributed by atoms with Gasteiger partial charge in [0.15, 0.2) is 5.82 Å². The summed E-state index contributed by atoms with van der Waals surface area (Å²) in [5.41, 5.74) is 5.25. The molecule has 0 spiro atoms. The second-order valence-electron chi connectivity index (χ2n) is 3.05. The number of nitrogens with zero attached hydrogens (tertiary/aromatic N) is 2. The SMILES string of the molecule is Nc1ncnc2c(C(=CF)C(F)F)c[nH]c12.